The SMILES string of the molecule is c1ccc(-c2ccc3c4cc(-c5ccc6sc7ccccc7c6c5)ccc4n(-c4cccc5c4sc4ccccc45)c3c2)cc1. The van der Waals surface area contributed by atoms with Crippen LogP contribution in [0.15, 0.2) is 152 Å². The zero-order valence-corrected chi connectivity index (χ0v) is 25.8. The second kappa shape index (κ2) is 9.64. The molecule has 0 fully saturated rings. The van der Waals surface area contributed by atoms with Crippen LogP contribution in [0, 0.1) is 0 Å². The molecule has 0 radical (unpaired) electrons. The summed E-state index contributed by atoms with van der Waals surface area (Å²) in [6.07, 6.45) is 0. The van der Waals surface area contributed by atoms with Gasteiger partial charge in [0.25, 0.3) is 0 Å². The number of aromatic nitrogens is 1. The highest BCUT2D eigenvalue weighted by molar-refractivity contribution is 7.26. The predicted octanol–water partition coefficient (Wildman–Crippen LogP) is 12.9. The quantitative estimate of drug-likeness (QED) is 0.188. The van der Waals surface area contributed by atoms with Crippen molar-refractivity contribution < 1.29 is 0 Å². The Morgan fingerprint density at radius 2 is 0.956 bits per heavy atom. The first-order valence-electron chi connectivity index (χ1n) is 15.3. The van der Waals surface area contributed by atoms with Gasteiger partial charge in [-0.1, -0.05) is 103 Å². The number of benzene rings is 7. The summed E-state index contributed by atoms with van der Waals surface area (Å²) in [4.78, 5) is 0. The van der Waals surface area contributed by atoms with Gasteiger partial charge in [0.15, 0.2) is 0 Å². The minimum Gasteiger partial charge on any atom is -0.308 e. The van der Waals surface area contributed by atoms with Crippen molar-refractivity contribution in [2.45, 2.75) is 0 Å². The molecule has 0 unspecified atom stereocenters. The third-order valence-electron chi connectivity index (χ3n) is 9.21. The molecular formula is C42H25NS2. The van der Waals surface area contributed by atoms with E-state index in [4.69, 9.17) is 0 Å². The van der Waals surface area contributed by atoms with E-state index in [1.54, 1.807) is 0 Å². The maximum absolute atomic E-state index is 2.49. The summed E-state index contributed by atoms with van der Waals surface area (Å²) in [5, 5.41) is 7.85. The number of thiophene rings is 2. The van der Waals surface area contributed by atoms with Crippen LogP contribution < -0.4 is 0 Å². The molecule has 0 aliphatic rings. The van der Waals surface area contributed by atoms with Crippen LogP contribution in [0.25, 0.3) is 90.1 Å². The molecule has 1 nitrogen and oxygen atoms in total. The van der Waals surface area contributed by atoms with Crippen molar-refractivity contribution in [3.8, 4) is 27.9 Å². The van der Waals surface area contributed by atoms with Gasteiger partial charge in [0.2, 0.25) is 0 Å². The van der Waals surface area contributed by atoms with Crippen molar-refractivity contribution in [3.05, 3.63) is 152 Å². The first-order chi connectivity index (χ1) is 22.3. The zero-order chi connectivity index (χ0) is 29.5. The van der Waals surface area contributed by atoms with E-state index in [-0.39, 0.29) is 0 Å². The van der Waals surface area contributed by atoms with E-state index in [9.17, 15) is 0 Å². The molecule has 0 spiro atoms. The van der Waals surface area contributed by atoms with E-state index < -0.39 is 0 Å². The maximum atomic E-state index is 2.49. The lowest BCUT2D eigenvalue weighted by atomic mass is 10.00. The Kier molecular flexibility index (Phi) is 5.39. The van der Waals surface area contributed by atoms with Gasteiger partial charge in [-0.05, 0) is 70.8 Å². The highest BCUT2D eigenvalue weighted by atomic mass is 32.1. The van der Waals surface area contributed by atoms with Crippen LogP contribution in [0.1, 0.15) is 0 Å². The standard InChI is InChI=1S/C42H25NS2/c1-2-9-26(10-3-1)29-17-20-30-34-23-27(28-19-22-41-35(24-28)32-12-5-6-15-39(32)44-41)18-21-36(34)43(38(30)25-29)37-14-8-13-33-31-11-4-7-16-40(31)45-42(33)37/h1-25H. The Morgan fingerprint density at radius 1 is 0.333 bits per heavy atom. The van der Waals surface area contributed by atoms with E-state index in [0.29, 0.717) is 0 Å². The van der Waals surface area contributed by atoms with Crippen molar-refractivity contribution in [3.63, 3.8) is 0 Å². The van der Waals surface area contributed by atoms with Gasteiger partial charge in [0, 0.05) is 46.4 Å². The molecule has 210 valence electrons. The minimum atomic E-state index is 1.23. The van der Waals surface area contributed by atoms with Gasteiger partial charge in [0.05, 0.1) is 21.4 Å². The molecule has 3 heteroatoms. The highest BCUT2D eigenvalue weighted by Crippen LogP contribution is 2.43. The van der Waals surface area contributed by atoms with Gasteiger partial charge in [-0.25, -0.2) is 0 Å². The molecule has 0 aliphatic heterocycles. The van der Waals surface area contributed by atoms with Gasteiger partial charge in [-0.2, -0.15) is 0 Å². The van der Waals surface area contributed by atoms with Crippen molar-refractivity contribution in [2.24, 2.45) is 0 Å². The monoisotopic (exact) mass is 607 g/mol. The van der Waals surface area contributed by atoms with Crippen molar-refractivity contribution in [2.75, 3.05) is 0 Å². The highest BCUT2D eigenvalue weighted by Gasteiger charge is 2.18. The second-order valence-corrected chi connectivity index (χ2v) is 13.9. The lowest BCUT2D eigenvalue weighted by molar-refractivity contribution is 1.20. The molecule has 3 heterocycles. The van der Waals surface area contributed by atoms with Gasteiger partial charge in [-0.15, -0.1) is 22.7 Å². The summed E-state index contributed by atoms with van der Waals surface area (Å²) in [7, 11) is 0. The van der Waals surface area contributed by atoms with Crippen LogP contribution >= 0.6 is 22.7 Å². The van der Waals surface area contributed by atoms with E-state index in [0.717, 1.165) is 0 Å². The average Bonchev–Trinajstić information content (AvgIpc) is 3.77. The van der Waals surface area contributed by atoms with Gasteiger partial charge < -0.3 is 4.57 Å². The summed E-state index contributed by atoms with van der Waals surface area (Å²) in [5.41, 5.74) is 8.64. The van der Waals surface area contributed by atoms with Gasteiger partial charge in [0.1, 0.15) is 0 Å². The first-order valence-corrected chi connectivity index (χ1v) is 16.9. The zero-order valence-electron chi connectivity index (χ0n) is 24.2. The van der Waals surface area contributed by atoms with Crippen LogP contribution in [0.4, 0.5) is 0 Å². The first kappa shape index (κ1) is 25.1. The van der Waals surface area contributed by atoms with Crippen LogP contribution in [0.5, 0.6) is 0 Å². The van der Waals surface area contributed by atoms with Crippen molar-refractivity contribution in [1.29, 1.82) is 0 Å². The summed E-state index contributed by atoms with van der Waals surface area (Å²) < 4.78 is 7.81. The van der Waals surface area contributed by atoms with E-state index in [1.165, 1.54) is 90.1 Å². The maximum Gasteiger partial charge on any atom is 0.0640 e. The van der Waals surface area contributed by atoms with Crippen molar-refractivity contribution >= 4 is 84.8 Å². The Bertz CT molecular complexity index is 2760. The third-order valence-corrected chi connectivity index (χ3v) is 11.6. The second-order valence-electron chi connectivity index (χ2n) is 11.7. The molecule has 0 N–H and O–H groups in total. The molecule has 7 aromatic carbocycles. The van der Waals surface area contributed by atoms with Crippen molar-refractivity contribution in [1.82, 2.24) is 4.57 Å². The number of hydrogen-bond donors (Lipinski definition) is 0. The van der Waals surface area contributed by atoms with Gasteiger partial charge >= 0.3 is 0 Å². The molecule has 0 atom stereocenters. The van der Waals surface area contributed by atoms with Crippen LogP contribution in [-0.2, 0) is 0 Å². The largest absolute Gasteiger partial charge is 0.308 e. The molecule has 0 bridgehead atoms. The lowest BCUT2D eigenvalue weighted by Crippen LogP contribution is -1.94. The number of nitrogens with zero attached hydrogens (tertiary/aromatic N) is 1. The summed E-state index contributed by atoms with van der Waals surface area (Å²) in [5.74, 6) is 0. The fourth-order valence-corrected chi connectivity index (χ4v) is 9.38. The predicted molar refractivity (Wildman–Crippen MR) is 197 cm³/mol. The number of hydrogen-bond acceptors (Lipinski definition) is 2. The third kappa shape index (κ3) is 3.78. The number of fused-ring (bicyclic) bond motifs is 9. The molecule has 10 aromatic rings. The van der Waals surface area contributed by atoms with E-state index in [2.05, 4.69) is 156 Å². The molecule has 0 amide bonds. The smallest absolute Gasteiger partial charge is 0.0640 e. The molecule has 0 saturated carbocycles. The van der Waals surface area contributed by atoms with Gasteiger partial charge in [-0.3, -0.25) is 0 Å². The van der Waals surface area contributed by atoms with E-state index in [1.807, 2.05) is 22.7 Å². The topological polar surface area (TPSA) is 4.93 Å². The van der Waals surface area contributed by atoms with Crippen LogP contribution in [0.3, 0.4) is 0 Å². The normalized spacial score (nSPS) is 12.0. The molecular weight excluding hydrogens is 583 g/mol. The lowest BCUT2D eigenvalue weighted by Gasteiger charge is -2.11. The molecule has 0 saturated heterocycles. The molecule has 0 aliphatic carbocycles. The Labute approximate surface area is 267 Å². The Morgan fingerprint density at radius 3 is 1.80 bits per heavy atom. The number of rotatable bonds is 3. The Balaban J connectivity index is 1.26. The van der Waals surface area contributed by atoms with Crippen LogP contribution in [-0.4, -0.2) is 4.57 Å². The molecule has 3 aromatic heterocycles. The van der Waals surface area contributed by atoms with E-state index >= 15 is 0 Å². The Hall–Kier alpha value is -5.22. The molecule has 45 heavy (non-hydrogen) atoms. The average molecular weight is 608 g/mol. The van der Waals surface area contributed by atoms with Crippen LogP contribution in [0.2, 0.25) is 0 Å². The fraction of sp³-hybridized carbons (Fsp3) is 0. The molecule has 10 rings (SSSR count). The minimum absolute atomic E-state index is 1.23. The summed E-state index contributed by atoms with van der Waals surface area (Å²) in [6, 6.07) is 55.9. The fourth-order valence-electron chi connectivity index (χ4n) is 7.08. The summed E-state index contributed by atoms with van der Waals surface area (Å²) >= 11 is 3.76. The summed E-state index contributed by atoms with van der Waals surface area (Å²) in [6.45, 7) is 0.